The Balaban J connectivity index is 1.91. The summed E-state index contributed by atoms with van der Waals surface area (Å²) in [5, 5.41) is 7.44. The van der Waals surface area contributed by atoms with E-state index in [0.717, 1.165) is 17.8 Å². The molecular weight excluding hydrogens is 338 g/mol. The number of halogens is 4. The molecule has 1 N–H and O–H groups in total. The third-order valence-electron chi connectivity index (χ3n) is 3.78. The van der Waals surface area contributed by atoms with Crippen molar-refractivity contribution < 1.29 is 22.1 Å². The highest BCUT2D eigenvalue weighted by molar-refractivity contribution is 5.99. The normalized spacial score (nSPS) is 11.8. The summed E-state index contributed by atoms with van der Waals surface area (Å²) in [4.78, 5) is 1.86. The number of alkyl halides is 3. The first kappa shape index (κ1) is 17.1. The van der Waals surface area contributed by atoms with Gasteiger partial charge in [-0.1, -0.05) is 11.2 Å². The van der Waals surface area contributed by atoms with Crippen LogP contribution in [0.2, 0.25) is 0 Å². The summed E-state index contributed by atoms with van der Waals surface area (Å²) in [7, 11) is 3.69. The molecule has 0 aliphatic carbocycles. The number of benzene rings is 2. The number of fused-ring (bicyclic) bond motifs is 1. The van der Waals surface area contributed by atoms with E-state index in [1.165, 1.54) is 0 Å². The maximum atomic E-state index is 13.8. The minimum atomic E-state index is -4.53. The monoisotopic (exact) mass is 353 g/mol. The molecule has 3 rings (SSSR count). The van der Waals surface area contributed by atoms with Crippen LogP contribution in [-0.2, 0) is 12.7 Å². The molecular formula is C17H15F4N3O. The molecule has 25 heavy (non-hydrogen) atoms. The fraction of sp³-hybridized carbons (Fsp3) is 0.235. The van der Waals surface area contributed by atoms with E-state index in [1.807, 2.05) is 25.1 Å². The smallest absolute Gasteiger partial charge is 0.377 e. The van der Waals surface area contributed by atoms with E-state index in [-0.39, 0.29) is 12.1 Å². The summed E-state index contributed by atoms with van der Waals surface area (Å²) in [6.07, 6.45) is -4.53. The van der Waals surface area contributed by atoms with Crippen LogP contribution in [0.4, 0.5) is 29.1 Å². The Kier molecular flexibility index (Phi) is 4.28. The minimum absolute atomic E-state index is 0.103. The highest BCUT2D eigenvalue weighted by Gasteiger charge is 2.31. The number of aromatic nitrogens is 1. The van der Waals surface area contributed by atoms with E-state index < -0.39 is 17.6 Å². The number of nitrogens with one attached hydrogen (secondary N) is 1. The first-order valence-electron chi connectivity index (χ1n) is 7.42. The second-order valence-electron chi connectivity index (χ2n) is 5.73. The zero-order valence-electron chi connectivity index (χ0n) is 13.5. The highest BCUT2D eigenvalue weighted by Crippen LogP contribution is 2.33. The van der Waals surface area contributed by atoms with Gasteiger partial charge in [-0.05, 0) is 30.3 Å². The van der Waals surface area contributed by atoms with Crippen molar-refractivity contribution >= 4 is 22.5 Å². The van der Waals surface area contributed by atoms with E-state index in [4.69, 9.17) is 4.52 Å². The molecule has 3 aromatic rings. The Morgan fingerprint density at radius 1 is 1.16 bits per heavy atom. The summed E-state index contributed by atoms with van der Waals surface area (Å²) < 4.78 is 57.4. The zero-order valence-corrected chi connectivity index (χ0v) is 13.5. The van der Waals surface area contributed by atoms with Crippen LogP contribution in [0, 0.1) is 5.82 Å². The summed E-state index contributed by atoms with van der Waals surface area (Å²) in [6.45, 7) is -0.154. The number of rotatable bonds is 4. The second kappa shape index (κ2) is 6.27. The first-order chi connectivity index (χ1) is 11.8. The largest absolute Gasteiger partial charge is 0.416 e. The second-order valence-corrected chi connectivity index (χ2v) is 5.73. The standard InChI is InChI=1S/C17H15F4N3O/c1-24(2)13-4-3-5-14-15(13)16(23-25-14)22-9-10-8-11(17(19,20)21)6-7-12(10)18/h3-8H,9H2,1-2H3,(H,22,23). The molecule has 2 aromatic carbocycles. The predicted molar refractivity (Wildman–Crippen MR) is 87.1 cm³/mol. The van der Waals surface area contributed by atoms with Gasteiger partial charge in [0.1, 0.15) is 5.82 Å². The van der Waals surface area contributed by atoms with E-state index in [0.29, 0.717) is 22.9 Å². The van der Waals surface area contributed by atoms with E-state index in [1.54, 1.807) is 12.1 Å². The maximum absolute atomic E-state index is 13.8. The van der Waals surface area contributed by atoms with Crippen LogP contribution in [0.25, 0.3) is 11.0 Å². The number of anilines is 2. The van der Waals surface area contributed by atoms with E-state index in [9.17, 15) is 17.6 Å². The highest BCUT2D eigenvalue weighted by atomic mass is 19.4. The lowest BCUT2D eigenvalue weighted by Gasteiger charge is -2.14. The zero-order chi connectivity index (χ0) is 18.2. The van der Waals surface area contributed by atoms with Gasteiger partial charge in [0, 0.05) is 26.2 Å². The molecule has 0 radical (unpaired) electrons. The van der Waals surface area contributed by atoms with Crippen molar-refractivity contribution in [2.24, 2.45) is 0 Å². The van der Waals surface area contributed by atoms with Gasteiger partial charge in [-0.25, -0.2) is 4.39 Å². The third kappa shape index (κ3) is 3.38. The van der Waals surface area contributed by atoms with Crippen molar-refractivity contribution in [3.8, 4) is 0 Å². The Morgan fingerprint density at radius 3 is 2.60 bits per heavy atom. The first-order valence-corrected chi connectivity index (χ1v) is 7.42. The molecule has 0 fully saturated rings. The molecule has 0 saturated heterocycles. The predicted octanol–water partition coefficient (Wildman–Crippen LogP) is 4.66. The van der Waals surface area contributed by atoms with Crippen LogP contribution in [0.1, 0.15) is 11.1 Å². The van der Waals surface area contributed by atoms with Gasteiger partial charge in [-0.15, -0.1) is 0 Å². The summed E-state index contributed by atoms with van der Waals surface area (Å²) in [5.74, 6) is -0.378. The van der Waals surface area contributed by atoms with Crippen molar-refractivity contribution in [2.75, 3.05) is 24.3 Å². The Labute approximate surface area is 141 Å². The van der Waals surface area contributed by atoms with Gasteiger partial charge in [0.15, 0.2) is 11.4 Å². The molecule has 0 aliphatic heterocycles. The van der Waals surface area contributed by atoms with Crippen LogP contribution in [0.15, 0.2) is 40.9 Å². The van der Waals surface area contributed by atoms with Gasteiger partial charge in [-0.3, -0.25) is 0 Å². The van der Waals surface area contributed by atoms with Crippen LogP contribution < -0.4 is 10.2 Å². The summed E-state index contributed by atoms with van der Waals surface area (Å²) >= 11 is 0. The molecule has 0 unspecified atom stereocenters. The van der Waals surface area contributed by atoms with Gasteiger partial charge >= 0.3 is 6.18 Å². The van der Waals surface area contributed by atoms with Crippen molar-refractivity contribution in [2.45, 2.75) is 12.7 Å². The third-order valence-corrected chi connectivity index (χ3v) is 3.78. The molecule has 1 aromatic heterocycles. The molecule has 4 nitrogen and oxygen atoms in total. The van der Waals surface area contributed by atoms with Crippen molar-refractivity contribution in [3.63, 3.8) is 0 Å². The lowest BCUT2D eigenvalue weighted by molar-refractivity contribution is -0.137. The number of hydrogen-bond donors (Lipinski definition) is 1. The Hall–Kier alpha value is -2.77. The van der Waals surface area contributed by atoms with E-state index >= 15 is 0 Å². The molecule has 8 heteroatoms. The number of hydrogen-bond acceptors (Lipinski definition) is 4. The van der Waals surface area contributed by atoms with Crippen LogP contribution in [-0.4, -0.2) is 19.3 Å². The Morgan fingerprint density at radius 2 is 1.92 bits per heavy atom. The maximum Gasteiger partial charge on any atom is 0.416 e. The van der Waals surface area contributed by atoms with Crippen molar-refractivity contribution in [3.05, 3.63) is 53.3 Å². The van der Waals surface area contributed by atoms with E-state index in [2.05, 4.69) is 10.5 Å². The summed E-state index contributed by atoms with van der Waals surface area (Å²) in [5.41, 5.74) is 0.349. The van der Waals surface area contributed by atoms with Gasteiger partial charge in [0.05, 0.1) is 16.6 Å². The minimum Gasteiger partial charge on any atom is -0.377 e. The van der Waals surface area contributed by atoms with Gasteiger partial charge in [0.2, 0.25) is 0 Å². The number of nitrogens with zero attached hydrogens (tertiary/aromatic N) is 2. The fourth-order valence-electron chi connectivity index (χ4n) is 2.53. The molecule has 132 valence electrons. The molecule has 0 amide bonds. The average molecular weight is 353 g/mol. The molecule has 1 heterocycles. The van der Waals surface area contributed by atoms with Crippen LogP contribution >= 0.6 is 0 Å². The fourth-order valence-corrected chi connectivity index (χ4v) is 2.53. The molecule has 0 bridgehead atoms. The Bertz CT molecular complexity index is 903. The molecule has 0 spiro atoms. The lowest BCUT2D eigenvalue weighted by Crippen LogP contribution is -2.10. The molecule has 0 saturated carbocycles. The topological polar surface area (TPSA) is 41.3 Å². The lowest BCUT2D eigenvalue weighted by atomic mass is 10.1. The average Bonchev–Trinajstić information content (AvgIpc) is 2.96. The summed E-state index contributed by atoms with van der Waals surface area (Å²) in [6, 6.07) is 7.71. The van der Waals surface area contributed by atoms with Crippen molar-refractivity contribution in [1.82, 2.24) is 5.16 Å². The molecule has 0 aliphatic rings. The van der Waals surface area contributed by atoms with Crippen LogP contribution in [0.3, 0.4) is 0 Å². The SMILES string of the molecule is CN(C)c1cccc2onc(NCc3cc(C(F)(F)F)ccc3F)c12. The van der Waals surface area contributed by atoms with Gasteiger partial charge < -0.3 is 14.7 Å². The van der Waals surface area contributed by atoms with Gasteiger partial charge in [0.25, 0.3) is 0 Å². The van der Waals surface area contributed by atoms with Crippen LogP contribution in [0.5, 0.6) is 0 Å². The molecule has 0 atom stereocenters. The quantitative estimate of drug-likeness (QED) is 0.693. The van der Waals surface area contributed by atoms with Gasteiger partial charge in [-0.2, -0.15) is 13.2 Å². The van der Waals surface area contributed by atoms with Crippen molar-refractivity contribution in [1.29, 1.82) is 0 Å².